The number of aryl methyl sites for hydroxylation is 1. The molecule has 0 spiro atoms. The van der Waals surface area contributed by atoms with Gasteiger partial charge in [0.2, 0.25) is 0 Å². The van der Waals surface area contributed by atoms with Crippen molar-refractivity contribution >= 4 is 0 Å². The number of hydrogen-bond acceptors (Lipinski definition) is 2. The number of nitrogens with two attached hydrogens (primary N) is 1. The van der Waals surface area contributed by atoms with E-state index in [2.05, 4.69) is 48.1 Å². The second-order valence-corrected chi connectivity index (χ2v) is 4.78. The SMILES string of the molecule is CCC(C)(N)c1ncc(-c2ccc(C)cc2)[nH]1. The van der Waals surface area contributed by atoms with Gasteiger partial charge < -0.3 is 10.7 Å². The van der Waals surface area contributed by atoms with Gasteiger partial charge in [-0.15, -0.1) is 0 Å². The molecule has 3 N–H and O–H groups in total. The molecule has 0 fully saturated rings. The molecule has 3 heteroatoms. The molecule has 17 heavy (non-hydrogen) atoms. The minimum absolute atomic E-state index is 0.386. The van der Waals surface area contributed by atoms with Gasteiger partial charge in [-0.05, 0) is 25.8 Å². The lowest BCUT2D eigenvalue weighted by molar-refractivity contribution is 0.450. The van der Waals surface area contributed by atoms with Crippen molar-refractivity contribution in [2.24, 2.45) is 5.73 Å². The van der Waals surface area contributed by atoms with E-state index >= 15 is 0 Å². The third-order valence-corrected chi connectivity index (χ3v) is 3.21. The third-order valence-electron chi connectivity index (χ3n) is 3.21. The summed E-state index contributed by atoms with van der Waals surface area (Å²) in [5.74, 6) is 0.843. The van der Waals surface area contributed by atoms with E-state index in [0.717, 1.165) is 23.5 Å². The minimum atomic E-state index is -0.386. The van der Waals surface area contributed by atoms with Gasteiger partial charge in [-0.3, -0.25) is 0 Å². The summed E-state index contributed by atoms with van der Waals surface area (Å²) in [5.41, 5.74) is 9.19. The Hall–Kier alpha value is -1.61. The number of rotatable bonds is 3. The first-order valence-corrected chi connectivity index (χ1v) is 5.94. The van der Waals surface area contributed by atoms with Crippen molar-refractivity contribution in [3.63, 3.8) is 0 Å². The predicted octanol–water partition coefficient (Wildman–Crippen LogP) is 2.97. The van der Waals surface area contributed by atoms with Crippen molar-refractivity contribution in [3.8, 4) is 11.3 Å². The Morgan fingerprint density at radius 2 is 1.94 bits per heavy atom. The molecule has 1 heterocycles. The van der Waals surface area contributed by atoms with Crippen molar-refractivity contribution < 1.29 is 0 Å². The standard InChI is InChI=1S/C14H19N3/c1-4-14(3,15)13-16-9-12(17-13)11-7-5-10(2)6-8-11/h5-9H,4,15H2,1-3H3,(H,16,17). The van der Waals surface area contributed by atoms with E-state index in [9.17, 15) is 0 Å². The van der Waals surface area contributed by atoms with Crippen LogP contribution in [0.1, 0.15) is 31.7 Å². The van der Waals surface area contributed by atoms with Crippen LogP contribution in [0.3, 0.4) is 0 Å². The average Bonchev–Trinajstić information content (AvgIpc) is 2.80. The number of nitrogens with zero attached hydrogens (tertiary/aromatic N) is 1. The van der Waals surface area contributed by atoms with Gasteiger partial charge in [-0.1, -0.05) is 36.8 Å². The predicted molar refractivity (Wildman–Crippen MR) is 70.6 cm³/mol. The second kappa shape index (κ2) is 4.34. The van der Waals surface area contributed by atoms with E-state index in [1.165, 1.54) is 5.56 Å². The molecule has 0 saturated heterocycles. The smallest absolute Gasteiger partial charge is 0.126 e. The third kappa shape index (κ3) is 2.39. The zero-order valence-electron chi connectivity index (χ0n) is 10.6. The van der Waals surface area contributed by atoms with E-state index in [1.54, 1.807) is 0 Å². The van der Waals surface area contributed by atoms with E-state index in [0.29, 0.717) is 0 Å². The highest BCUT2D eigenvalue weighted by Crippen LogP contribution is 2.23. The van der Waals surface area contributed by atoms with E-state index < -0.39 is 0 Å². The highest BCUT2D eigenvalue weighted by Gasteiger charge is 2.22. The molecule has 2 aromatic rings. The average molecular weight is 229 g/mol. The second-order valence-electron chi connectivity index (χ2n) is 4.78. The summed E-state index contributed by atoms with van der Waals surface area (Å²) < 4.78 is 0. The summed E-state index contributed by atoms with van der Waals surface area (Å²) in [4.78, 5) is 7.68. The molecule has 0 aliphatic heterocycles. The molecule has 2 rings (SSSR count). The van der Waals surface area contributed by atoms with Crippen LogP contribution in [0.15, 0.2) is 30.5 Å². The number of imidazole rings is 1. The lowest BCUT2D eigenvalue weighted by Crippen LogP contribution is -2.33. The summed E-state index contributed by atoms with van der Waals surface area (Å²) in [7, 11) is 0. The lowest BCUT2D eigenvalue weighted by atomic mass is 10.00. The number of aromatic amines is 1. The van der Waals surface area contributed by atoms with E-state index in [1.807, 2.05) is 13.1 Å². The molecule has 0 aliphatic rings. The van der Waals surface area contributed by atoms with Crippen molar-refractivity contribution in [1.29, 1.82) is 0 Å². The van der Waals surface area contributed by atoms with Gasteiger partial charge in [0.05, 0.1) is 17.4 Å². The minimum Gasteiger partial charge on any atom is -0.340 e. The largest absolute Gasteiger partial charge is 0.340 e. The summed E-state index contributed by atoms with van der Waals surface area (Å²) in [6.45, 7) is 6.13. The number of nitrogens with one attached hydrogen (secondary N) is 1. The molecular weight excluding hydrogens is 210 g/mol. The highest BCUT2D eigenvalue weighted by molar-refractivity contribution is 5.58. The molecule has 1 aromatic heterocycles. The van der Waals surface area contributed by atoms with Crippen LogP contribution in [0, 0.1) is 6.92 Å². The molecule has 0 amide bonds. The van der Waals surface area contributed by atoms with Crippen LogP contribution < -0.4 is 5.73 Å². The first kappa shape index (κ1) is 11.9. The zero-order valence-corrected chi connectivity index (χ0v) is 10.6. The highest BCUT2D eigenvalue weighted by atomic mass is 15.0. The maximum Gasteiger partial charge on any atom is 0.126 e. The molecule has 0 aliphatic carbocycles. The summed E-state index contributed by atoms with van der Waals surface area (Å²) >= 11 is 0. The number of H-pyrrole nitrogens is 1. The first-order chi connectivity index (χ1) is 8.03. The summed E-state index contributed by atoms with van der Waals surface area (Å²) in [6.07, 6.45) is 2.70. The van der Waals surface area contributed by atoms with Crippen LogP contribution >= 0.6 is 0 Å². The molecule has 3 nitrogen and oxygen atoms in total. The van der Waals surface area contributed by atoms with Gasteiger partial charge in [0.15, 0.2) is 0 Å². The maximum absolute atomic E-state index is 6.16. The fourth-order valence-corrected chi connectivity index (χ4v) is 1.66. The fraction of sp³-hybridized carbons (Fsp3) is 0.357. The van der Waals surface area contributed by atoms with E-state index in [4.69, 9.17) is 5.73 Å². The molecule has 0 bridgehead atoms. The van der Waals surface area contributed by atoms with Gasteiger partial charge >= 0.3 is 0 Å². The van der Waals surface area contributed by atoms with Crippen LogP contribution in [-0.2, 0) is 5.54 Å². The Morgan fingerprint density at radius 1 is 1.29 bits per heavy atom. The Morgan fingerprint density at radius 3 is 2.53 bits per heavy atom. The summed E-state index contributed by atoms with van der Waals surface area (Å²) in [5, 5.41) is 0. The van der Waals surface area contributed by atoms with Gasteiger partial charge in [-0.25, -0.2) is 4.98 Å². The molecule has 0 radical (unpaired) electrons. The van der Waals surface area contributed by atoms with Crippen molar-refractivity contribution in [2.75, 3.05) is 0 Å². The van der Waals surface area contributed by atoms with Crippen LogP contribution in [-0.4, -0.2) is 9.97 Å². The lowest BCUT2D eigenvalue weighted by Gasteiger charge is -2.19. The fourth-order valence-electron chi connectivity index (χ4n) is 1.66. The Bertz CT molecular complexity index is 494. The molecular formula is C14H19N3. The topological polar surface area (TPSA) is 54.7 Å². The van der Waals surface area contributed by atoms with Crippen LogP contribution in [0.4, 0.5) is 0 Å². The van der Waals surface area contributed by atoms with Crippen molar-refractivity contribution in [3.05, 3.63) is 41.9 Å². The maximum atomic E-state index is 6.16. The van der Waals surface area contributed by atoms with Crippen LogP contribution in [0.2, 0.25) is 0 Å². The van der Waals surface area contributed by atoms with E-state index in [-0.39, 0.29) is 5.54 Å². The molecule has 1 atom stereocenters. The van der Waals surface area contributed by atoms with Gasteiger partial charge in [0, 0.05) is 0 Å². The van der Waals surface area contributed by atoms with Crippen LogP contribution in [0.5, 0.6) is 0 Å². The molecule has 0 saturated carbocycles. The molecule has 90 valence electrons. The molecule has 1 aromatic carbocycles. The zero-order chi connectivity index (χ0) is 12.5. The van der Waals surface area contributed by atoms with Crippen molar-refractivity contribution in [2.45, 2.75) is 32.7 Å². The first-order valence-electron chi connectivity index (χ1n) is 5.94. The van der Waals surface area contributed by atoms with Gasteiger partial charge in [0.25, 0.3) is 0 Å². The number of hydrogen-bond donors (Lipinski definition) is 2. The Balaban J connectivity index is 2.33. The van der Waals surface area contributed by atoms with Crippen LogP contribution in [0.25, 0.3) is 11.3 Å². The number of benzene rings is 1. The van der Waals surface area contributed by atoms with Gasteiger partial charge in [0.1, 0.15) is 5.82 Å². The molecule has 1 unspecified atom stereocenters. The summed E-state index contributed by atoms with van der Waals surface area (Å²) in [6, 6.07) is 8.37. The quantitative estimate of drug-likeness (QED) is 0.850. The normalized spacial score (nSPS) is 14.6. The Labute approximate surface area is 102 Å². The number of aromatic nitrogens is 2. The monoisotopic (exact) mass is 229 g/mol. The Kier molecular flexibility index (Phi) is 3.03. The van der Waals surface area contributed by atoms with Crippen molar-refractivity contribution in [1.82, 2.24) is 9.97 Å². The van der Waals surface area contributed by atoms with Gasteiger partial charge in [-0.2, -0.15) is 0 Å².